The van der Waals surface area contributed by atoms with Gasteiger partial charge in [-0.2, -0.15) is 5.10 Å². The minimum Gasteiger partial charge on any atom is -0.365 e. The summed E-state index contributed by atoms with van der Waals surface area (Å²) in [7, 11) is 1.72. The van der Waals surface area contributed by atoms with Crippen molar-refractivity contribution >= 4 is 22.1 Å². The molecular formula is C28H32FN7O. The van der Waals surface area contributed by atoms with E-state index in [4.69, 9.17) is 0 Å². The molecule has 2 saturated carbocycles. The van der Waals surface area contributed by atoms with E-state index in [1.54, 1.807) is 11.4 Å². The fourth-order valence-electron chi connectivity index (χ4n) is 6.78. The number of rotatable bonds is 7. The van der Waals surface area contributed by atoms with Crippen molar-refractivity contribution in [1.29, 1.82) is 0 Å². The molecule has 1 spiro atoms. The average Bonchev–Trinajstić information content (AvgIpc) is 3.57. The van der Waals surface area contributed by atoms with Crippen molar-refractivity contribution in [1.82, 2.24) is 29.3 Å². The number of pyridine rings is 1. The zero-order valence-corrected chi connectivity index (χ0v) is 21.4. The molecule has 8 nitrogen and oxygen atoms in total. The maximum Gasteiger partial charge on any atom is 0.274 e. The van der Waals surface area contributed by atoms with Gasteiger partial charge in [-0.3, -0.25) is 9.20 Å². The quantitative estimate of drug-likeness (QED) is 0.386. The molecule has 9 heteroatoms. The Bertz CT molecular complexity index is 1560. The van der Waals surface area contributed by atoms with Crippen LogP contribution in [0, 0.1) is 18.2 Å². The summed E-state index contributed by atoms with van der Waals surface area (Å²) in [6.07, 6.45) is 11.4. The Morgan fingerprint density at radius 3 is 2.78 bits per heavy atom. The van der Waals surface area contributed by atoms with Crippen LogP contribution in [0.15, 0.2) is 41.7 Å². The first kappa shape index (κ1) is 22.8. The van der Waals surface area contributed by atoms with Gasteiger partial charge in [-0.15, -0.1) is 10.2 Å². The molecule has 37 heavy (non-hydrogen) atoms. The van der Waals surface area contributed by atoms with Gasteiger partial charge in [-0.05, 0) is 80.7 Å². The van der Waals surface area contributed by atoms with Crippen molar-refractivity contribution in [3.05, 3.63) is 64.2 Å². The summed E-state index contributed by atoms with van der Waals surface area (Å²) in [6, 6.07) is 7.20. The van der Waals surface area contributed by atoms with Gasteiger partial charge in [-0.1, -0.05) is 6.07 Å². The lowest BCUT2D eigenvalue weighted by atomic mass is 9.60. The third-order valence-corrected chi connectivity index (χ3v) is 8.75. The molecule has 4 heterocycles. The van der Waals surface area contributed by atoms with E-state index >= 15 is 0 Å². The second-order valence-electron chi connectivity index (χ2n) is 11.5. The zero-order chi connectivity index (χ0) is 25.3. The number of benzene rings is 1. The molecule has 0 amide bonds. The van der Waals surface area contributed by atoms with Gasteiger partial charge in [0.1, 0.15) is 12.1 Å². The number of aromatic nitrogens is 5. The van der Waals surface area contributed by atoms with E-state index in [9.17, 15) is 9.18 Å². The molecule has 1 aromatic carbocycles. The molecule has 3 aromatic heterocycles. The third-order valence-electron chi connectivity index (χ3n) is 8.75. The molecule has 192 valence electrons. The van der Waals surface area contributed by atoms with Gasteiger partial charge in [0.05, 0.1) is 11.6 Å². The Labute approximate surface area is 214 Å². The fourth-order valence-corrected chi connectivity index (χ4v) is 6.78. The minimum atomic E-state index is -0.189. The fraction of sp³-hybridized carbons (Fsp3) is 0.500. The Balaban J connectivity index is 0.992. The SMILES string of the molecule is Cc1ccc(N(C2CC2)C2CC3(C2)CN(CCCc2cc4nncn4cc2F)C3)c2cnn(C)c(=O)c12. The zero-order valence-electron chi connectivity index (χ0n) is 21.4. The van der Waals surface area contributed by atoms with Crippen LogP contribution < -0.4 is 10.5 Å². The summed E-state index contributed by atoms with van der Waals surface area (Å²) < 4.78 is 17.4. The molecule has 0 radical (unpaired) electrons. The number of anilines is 1. The van der Waals surface area contributed by atoms with E-state index in [-0.39, 0.29) is 11.4 Å². The Morgan fingerprint density at radius 2 is 2.00 bits per heavy atom. The van der Waals surface area contributed by atoms with E-state index in [2.05, 4.69) is 37.2 Å². The Morgan fingerprint density at radius 1 is 1.19 bits per heavy atom. The van der Waals surface area contributed by atoms with Crippen molar-refractivity contribution in [3.63, 3.8) is 0 Å². The number of aryl methyl sites for hydroxylation is 3. The molecule has 1 aliphatic heterocycles. The highest BCUT2D eigenvalue weighted by Crippen LogP contribution is 2.53. The second-order valence-corrected chi connectivity index (χ2v) is 11.5. The van der Waals surface area contributed by atoms with Crippen molar-refractivity contribution < 1.29 is 4.39 Å². The Kier molecular flexibility index (Phi) is 5.15. The first-order valence-corrected chi connectivity index (χ1v) is 13.3. The first-order chi connectivity index (χ1) is 17.9. The van der Waals surface area contributed by atoms with Gasteiger partial charge >= 0.3 is 0 Å². The Hall–Kier alpha value is -3.33. The number of hydrogen-bond acceptors (Lipinski definition) is 6. The largest absolute Gasteiger partial charge is 0.365 e. The van der Waals surface area contributed by atoms with Crippen LogP contribution in [0.5, 0.6) is 0 Å². The van der Waals surface area contributed by atoms with Gasteiger partial charge in [0.15, 0.2) is 5.65 Å². The van der Waals surface area contributed by atoms with E-state index in [0.29, 0.717) is 35.1 Å². The summed E-state index contributed by atoms with van der Waals surface area (Å²) >= 11 is 0. The highest BCUT2D eigenvalue weighted by Gasteiger charge is 2.55. The summed E-state index contributed by atoms with van der Waals surface area (Å²) in [5.41, 5.74) is 3.99. The number of halogens is 1. The van der Waals surface area contributed by atoms with Crippen LogP contribution in [0.2, 0.25) is 0 Å². The molecule has 2 aliphatic carbocycles. The lowest BCUT2D eigenvalue weighted by molar-refractivity contribution is -0.0726. The predicted molar refractivity (Wildman–Crippen MR) is 140 cm³/mol. The van der Waals surface area contributed by atoms with Crippen LogP contribution in [-0.2, 0) is 13.5 Å². The van der Waals surface area contributed by atoms with Crippen molar-refractivity contribution in [2.45, 2.75) is 57.5 Å². The average molecular weight is 502 g/mol. The number of likely N-dealkylation sites (tertiary alicyclic amines) is 1. The lowest BCUT2D eigenvalue weighted by Crippen LogP contribution is -2.66. The number of fused-ring (bicyclic) bond motifs is 2. The molecule has 3 aliphatic rings. The van der Waals surface area contributed by atoms with Gasteiger partial charge in [0.2, 0.25) is 0 Å². The van der Waals surface area contributed by atoms with Gasteiger partial charge in [0, 0.05) is 49.5 Å². The topological polar surface area (TPSA) is 71.6 Å². The smallest absolute Gasteiger partial charge is 0.274 e. The van der Waals surface area contributed by atoms with E-state index in [1.807, 2.05) is 19.2 Å². The standard InChI is InChI=1S/C28H32FN7O/c1-18-5-8-24(22-13-31-33(2)27(37)26(18)22)36(20-6-7-20)21-11-28(12-21)15-34(16-28)9-3-4-19-10-25-32-30-17-35(25)14-23(19)29/h5,8,10,13-14,17,20-21H,3-4,6-7,9,11-12,15-16H2,1-2H3. The molecule has 0 atom stereocenters. The molecule has 0 N–H and O–H groups in total. The lowest BCUT2D eigenvalue weighted by Gasteiger charge is -2.61. The summed E-state index contributed by atoms with van der Waals surface area (Å²) in [5.74, 6) is -0.189. The van der Waals surface area contributed by atoms with Crippen LogP contribution in [0.1, 0.15) is 43.2 Å². The van der Waals surface area contributed by atoms with E-state index in [1.165, 1.54) is 48.6 Å². The first-order valence-electron chi connectivity index (χ1n) is 13.3. The monoisotopic (exact) mass is 501 g/mol. The van der Waals surface area contributed by atoms with Crippen LogP contribution >= 0.6 is 0 Å². The number of nitrogens with zero attached hydrogens (tertiary/aromatic N) is 7. The molecule has 0 bridgehead atoms. The molecule has 3 fully saturated rings. The van der Waals surface area contributed by atoms with Gasteiger partial charge in [0.25, 0.3) is 5.56 Å². The van der Waals surface area contributed by atoms with Crippen LogP contribution in [0.3, 0.4) is 0 Å². The van der Waals surface area contributed by atoms with Crippen LogP contribution in [-0.4, -0.2) is 61.0 Å². The molecule has 7 rings (SSSR count). The highest BCUT2D eigenvalue weighted by molar-refractivity contribution is 5.95. The molecule has 0 unspecified atom stereocenters. The van der Waals surface area contributed by atoms with Crippen molar-refractivity contribution in [2.24, 2.45) is 12.5 Å². The van der Waals surface area contributed by atoms with Gasteiger partial charge in [-0.25, -0.2) is 9.07 Å². The van der Waals surface area contributed by atoms with Crippen molar-refractivity contribution in [3.8, 4) is 0 Å². The van der Waals surface area contributed by atoms with E-state index < -0.39 is 0 Å². The molecular weight excluding hydrogens is 469 g/mol. The maximum absolute atomic E-state index is 14.4. The van der Waals surface area contributed by atoms with Crippen LogP contribution in [0.25, 0.3) is 16.4 Å². The minimum absolute atomic E-state index is 0.0198. The normalized spacial score (nSPS) is 19.4. The third kappa shape index (κ3) is 3.82. The summed E-state index contributed by atoms with van der Waals surface area (Å²) in [4.78, 5) is 18.0. The number of hydrogen-bond donors (Lipinski definition) is 0. The summed E-state index contributed by atoms with van der Waals surface area (Å²) in [6.45, 7) is 5.26. The summed E-state index contributed by atoms with van der Waals surface area (Å²) in [5, 5.41) is 14.0. The van der Waals surface area contributed by atoms with Crippen molar-refractivity contribution in [2.75, 3.05) is 24.5 Å². The molecule has 1 saturated heterocycles. The van der Waals surface area contributed by atoms with E-state index in [0.717, 1.165) is 42.4 Å². The maximum atomic E-state index is 14.4. The predicted octanol–water partition coefficient (Wildman–Crippen LogP) is 3.49. The molecule has 4 aromatic rings. The second kappa shape index (κ2) is 8.34. The highest BCUT2D eigenvalue weighted by atomic mass is 19.1. The van der Waals surface area contributed by atoms with Gasteiger partial charge < -0.3 is 9.80 Å². The van der Waals surface area contributed by atoms with Crippen LogP contribution in [0.4, 0.5) is 10.1 Å².